The summed E-state index contributed by atoms with van der Waals surface area (Å²) in [7, 11) is 1.64. The molecule has 1 N–H and O–H groups in total. The molecule has 1 aromatic carbocycles. The number of nitrogens with zero attached hydrogens (tertiary/aromatic N) is 1. The van der Waals surface area contributed by atoms with Gasteiger partial charge in [0.2, 0.25) is 11.8 Å². The molecule has 1 unspecified atom stereocenters. The number of unbranched alkanes of at least 4 members (excludes halogenated alkanes) is 2. The zero-order chi connectivity index (χ0) is 17.4. The first kappa shape index (κ1) is 18.3. The van der Waals surface area contributed by atoms with Crippen molar-refractivity contribution in [1.82, 2.24) is 10.2 Å². The molecular formula is C19H28N2O3. The Hall–Kier alpha value is -2.04. The highest BCUT2D eigenvalue weighted by Gasteiger charge is 2.33. The lowest BCUT2D eigenvalue weighted by Gasteiger charge is -2.16. The van der Waals surface area contributed by atoms with E-state index in [2.05, 4.69) is 12.2 Å². The maximum absolute atomic E-state index is 12.1. The van der Waals surface area contributed by atoms with Gasteiger partial charge in [0, 0.05) is 26.1 Å². The second kappa shape index (κ2) is 9.30. The number of hydrogen-bond acceptors (Lipinski definition) is 3. The summed E-state index contributed by atoms with van der Waals surface area (Å²) in [5.74, 6) is 0.731. The monoisotopic (exact) mass is 332 g/mol. The molecule has 0 bridgehead atoms. The first-order chi connectivity index (χ1) is 11.6. The number of likely N-dealkylation sites (tertiary alicyclic amines) is 1. The van der Waals surface area contributed by atoms with Gasteiger partial charge in [-0.15, -0.1) is 0 Å². The van der Waals surface area contributed by atoms with Gasteiger partial charge in [0.05, 0.1) is 13.0 Å². The topological polar surface area (TPSA) is 58.6 Å². The molecule has 1 fully saturated rings. The molecule has 5 heteroatoms. The third-order valence-electron chi connectivity index (χ3n) is 4.49. The van der Waals surface area contributed by atoms with Gasteiger partial charge in [0.15, 0.2) is 0 Å². The van der Waals surface area contributed by atoms with Gasteiger partial charge < -0.3 is 15.0 Å². The lowest BCUT2D eigenvalue weighted by atomic mass is 10.1. The van der Waals surface area contributed by atoms with Gasteiger partial charge >= 0.3 is 0 Å². The predicted molar refractivity (Wildman–Crippen MR) is 93.9 cm³/mol. The highest BCUT2D eigenvalue weighted by molar-refractivity contribution is 5.89. The minimum Gasteiger partial charge on any atom is -0.497 e. The summed E-state index contributed by atoms with van der Waals surface area (Å²) in [5.41, 5.74) is 1.16. The standard InChI is InChI=1S/C19H28N2O3/c1-3-4-5-11-20-19(23)16-13-18(22)21(14-16)12-10-15-6-8-17(24-2)9-7-15/h6-9,16H,3-5,10-14H2,1-2H3,(H,20,23). The third kappa shape index (κ3) is 5.25. The minimum absolute atomic E-state index is 0.0198. The number of carbonyl (C=O) groups excluding carboxylic acids is 2. The summed E-state index contributed by atoms with van der Waals surface area (Å²) in [5, 5.41) is 2.96. The van der Waals surface area contributed by atoms with Crippen LogP contribution in [0.2, 0.25) is 0 Å². The van der Waals surface area contributed by atoms with Crippen LogP contribution in [0.1, 0.15) is 38.2 Å². The highest BCUT2D eigenvalue weighted by Crippen LogP contribution is 2.19. The lowest BCUT2D eigenvalue weighted by Crippen LogP contribution is -2.34. The Morgan fingerprint density at radius 1 is 1.29 bits per heavy atom. The van der Waals surface area contributed by atoms with Gasteiger partial charge in [-0.3, -0.25) is 9.59 Å². The molecule has 0 saturated carbocycles. The molecule has 0 spiro atoms. The van der Waals surface area contributed by atoms with Crippen LogP contribution >= 0.6 is 0 Å². The van der Waals surface area contributed by atoms with Crippen molar-refractivity contribution in [3.8, 4) is 5.75 Å². The second-order valence-corrected chi connectivity index (χ2v) is 6.34. The van der Waals surface area contributed by atoms with Crippen molar-refractivity contribution < 1.29 is 14.3 Å². The van der Waals surface area contributed by atoms with Crippen LogP contribution in [-0.2, 0) is 16.0 Å². The summed E-state index contributed by atoms with van der Waals surface area (Å²) in [6.07, 6.45) is 4.39. The number of nitrogens with one attached hydrogen (secondary N) is 1. The van der Waals surface area contributed by atoms with E-state index in [0.29, 0.717) is 26.1 Å². The van der Waals surface area contributed by atoms with Crippen molar-refractivity contribution in [1.29, 1.82) is 0 Å². The van der Waals surface area contributed by atoms with E-state index in [4.69, 9.17) is 4.74 Å². The Kier molecular flexibility index (Phi) is 7.09. The Labute approximate surface area is 144 Å². The van der Waals surface area contributed by atoms with Crippen LogP contribution in [0, 0.1) is 5.92 Å². The molecule has 1 atom stereocenters. The highest BCUT2D eigenvalue weighted by atomic mass is 16.5. The van der Waals surface area contributed by atoms with Crippen LogP contribution in [0.25, 0.3) is 0 Å². The Bertz CT molecular complexity index is 542. The van der Waals surface area contributed by atoms with Gasteiger partial charge in [-0.05, 0) is 30.5 Å². The SMILES string of the molecule is CCCCCNC(=O)C1CC(=O)N(CCc2ccc(OC)cc2)C1. The van der Waals surface area contributed by atoms with Gasteiger partial charge in [-0.25, -0.2) is 0 Å². The third-order valence-corrected chi connectivity index (χ3v) is 4.49. The van der Waals surface area contributed by atoms with E-state index in [1.165, 1.54) is 0 Å². The maximum atomic E-state index is 12.1. The average molecular weight is 332 g/mol. The number of amides is 2. The van der Waals surface area contributed by atoms with Crippen molar-refractivity contribution in [3.63, 3.8) is 0 Å². The first-order valence-corrected chi connectivity index (χ1v) is 8.82. The van der Waals surface area contributed by atoms with Crippen LogP contribution in [0.4, 0.5) is 0 Å². The lowest BCUT2D eigenvalue weighted by molar-refractivity contribution is -0.129. The number of benzene rings is 1. The zero-order valence-corrected chi connectivity index (χ0v) is 14.7. The van der Waals surface area contributed by atoms with Crippen LogP contribution < -0.4 is 10.1 Å². The average Bonchev–Trinajstić information content (AvgIpc) is 2.98. The van der Waals surface area contributed by atoms with E-state index in [1.807, 2.05) is 24.3 Å². The van der Waals surface area contributed by atoms with E-state index in [1.54, 1.807) is 12.0 Å². The smallest absolute Gasteiger partial charge is 0.225 e. The summed E-state index contributed by atoms with van der Waals surface area (Å²) in [6.45, 7) is 4.04. The quantitative estimate of drug-likeness (QED) is 0.707. The molecule has 2 rings (SSSR count). The molecule has 132 valence electrons. The summed E-state index contributed by atoms with van der Waals surface area (Å²) >= 11 is 0. The molecule has 0 aliphatic carbocycles. The van der Waals surface area contributed by atoms with Gasteiger partial charge in [0.25, 0.3) is 0 Å². The number of methoxy groups -OCH3 is 1. The normalized spacial score (nSPS) is 17.2. The molecule has 24 heavy (non-hydrogen) atoms. The van der Waals surface area contributed by atoms with Crippen molar-refractivity contribution in [3.05, 3.63) is 29.8 Å². The fourth-order valence-corrected chi connectivity index (χ4v) is 2.95. The summed E-state index contributed by atoms with van der Waals surface area (Å²) in [6, 6.07) is 7.87. The van der Waals surface area contributed by atoms with Gasteiger partial charge in [-0.2, -0.15) is 0 Å². The van der Waals surface area contributed by atoms with Crippen LogP contribution in [0.3, 0.4) is 0 Å². The molecule has 2 amide bonds. The fourth-order valence-electron chi connectivity index (χ4n) is 2.95. The first-order valence-electron chi connectivity index (χ1n) is 8.82. The van der Waals surface area contributed by atoms with Crippen LogP contribution in [0.15, 0.2) is 24.3 Å². The number of hydrogen-bond donors (Lipinski definition) is 1. The Balaban J connectivity index is 1.76. The minimum atomic E-state index is -0.199. The van der Waals surface area contributed by atoms with E-state index in [9.17, 15) is 9.59 Å². The molecule has 1 saturated heterocycles. The molecule has 1 aliphatic heterocycles. The summed E-state index contributed by atoms with van der Waals surface area (Å²) < 4.78 is 5.14. The molecule has 0 aromatic heterocycles. The number of carbonyl (C=O) groups is 2. The van der Waals surface area contributed by atoms with Crippen LogP contribution in [-0.4, -0.2) is 43.5 Å². The van der Waals surface area contributed by atoms with Crippen molar-refractivity contribution in [2.45, 2.75) is 39.0 Å². The Morgan fingerprint density at radius 3 is 2.71 bits per heavy atom. The van der Waals surface area contributed by atoms with E-state index >= 15 is 0 Å². The van der Waals surface area contributed by atoms with Crippen molar-refractivity contribution >= 4 is 11.8 Å². The van der Waals surface area contributed by atoms with Gasteiger partial charge in [-0.1, -0.05) is 31.9 Å². The van der Waals surface area contributed by atoms with Crippen molar-refractivity contribution in [2.75, 3.05) is 26.7 Å². The fraction of sp³-hybridized carbons (Fsp3) is 0.579. The van der Waals surface area contributed by atoms with Crippen LogP contribution in [0.5, 0.6) is 5.75 Å². The van der Waals surface area contributed by atoms with E-state index in [0.717, 1.165) is 37.0 Å². The van der Waals surface area contributed by atoms with Crippen molar-refractivity contribution in [2.24, 2.45) is 5.92 Å². The summed E-state index contributed by atoms with van der Waals surface area (Å²) in [4.78, 5) is 26.1. The Morgan fingerprint density at radius 2 is 2.04 bits per heavy atom. The molecule has 1 aromatic rings. The molecule has 1 aliphatic rings. The molecule has 1 heterocycles. The second-order valence-electron chi connectivity index (χ2n) is 6.34. The molecular weight excluding hydrogens is 304 g/mol. The van der Waals surface area contributed by atoms with Gasteiger partial charge in [0.1, 0.15) is 5.75 Å². The molecule has 5 nitrogen and oxygen atoms in total. The number of ether oxygens (including phenoxy) is 1. The largest absolute Gasteiger partial charge is 0.497 e. The zero-order valence-electron chi connectivity index (χ0n) is 14.7. The predicted octanol–water partition coefficient (Wildman–Crippen LogP) is 2.39. The number of rotatable bonds is 9. The van der Waals surface area contributed by atoms with E-state index in [-0.39, 0.29) is 17.7 Å². The van der Waals surface area contributed by atoms with E-state index < -0.39 is 0 Å². The maximum Gasteiger partial charge on any atom is 0.225 e. The molecule has 0 radical (unpaired) electrons.